The number of hydrogen-bond donors (Lipinski definition) is 2. The second-order valence-corrected chi connectivity index (χ2v) is 6.27. The van der Waals surface area contributed by atoms with Gasteiger partial charge in [-0.25, -0.2) is 4.98 Å². The van der Waals surface area contributed by atoms with Crippen LogP contribution in [0.4, 0.5) is 11.8 Å². The number of benzene rings is 2. The van der Waals surface area contributed by atoms with E-state index in [9.17, 15) is 0 Å². The van der Waals surface area contributed by atoms with Crippen molar-refractivity contribution in [2.24, 2.45) is 0 Å². The number of para-hydroxylation sites is 1. The molecule has 2 N–H and O–H groups in total. The van der Waals surface area contributed by atoms with Gasteiger partial charge in [-0.2, -0.15) is 4.98 Å². The number of nitrogens with one attached hydrogen (secondary N) is 2. The van der Waals surface area contributed by atoms with Crippen LogP contribution in [0.3, 0.4) is 0 Å². The van der Waals surface area contributed by atoms with E-state index in [4.69, 9.17) is 14.5 Å². The van der Waals surface area contributed by atoms with Crippen molar-refractivity contribution in [3.8, 4) is 17.0 Å². The van der Waals surface area contributed by atoms with Crippen molar-refractivity contribution in [1.82, 2.24) is 9.97 Å². The smallest absolute Gasteiger partial charge is 0.225 e. The maximum Gasteiger partial charge on any atom is 0.225 e. The highest BCUT2D eigenvalue weighted by molar-refractivity contribution is 5.64. The maximum absolute atomic E-state index is 5.42. The van der Waals surface area contributed by atoms with E-state index in [1.54, 1.807) is 14.2 Å². The Balaban J connectivity index is 1.80. The van der Waals surface area contributed by atoms with Gasteiger partial charge in [0, 0.05) is 44.0 Å². The monoisotopic (exact) mass is 378 g/mol. The van der Waals surface area contributed by atoms with Crippen molar-refractivity contribution in [2.45, 2.75) is 13.0 Å². The first-order valence-electron chi connectivity index (χ1n) is 9.33. The third kappa shape index (κ3) is 5.44. The van der Waals surface area contributed by atoms with Gasteiger partial charge in [0.05, 0.1) is 12.8 Å². The minimum Gasteiger partial charge on any atom is -0.496 e. The predicted molar refractivity (Wildman–Crippen MR) is 113 cm³/mol. The molecule has 0 saturated carbocycles. The van der Waals surface area contributed by atoms with Crippen LogP contribution in [0.5, 0.6) is 5.75 Å². The minimum absolute atomic E-state index is 0.571. The van der Waals surface area contributed by atoms with Crippen molar-refractivity contribution < 1.29 is 9.47 Å². The molecule has 0 fully saturated rings. The molecular formula is C22H26N4O2. The summed E-state index contributed by atoms with van der Waals surface area (Å²) in [5.74, 6) is 2.20. The van der Waals surface area contributed by atoms with Gasteiger partial charge in [-0.15, -0.1) is 0 Å². The highest BCUT2D eigenvalue weighted by Gasteiger charge is 2.08. The normalized spacial score (nSPS) is 10.5. The molecule has 0 aliphatic heterocycles. The van der Waals surface area contributed by atoms with Crippen LogP contribution in [-0.2, 0) is 11.3 Å². The Morgan fingerprint density at radius 3 is 2.46 bits per heavy atom. The molecule has 6 nitrogen and oxygen atoms in total. The van der Waals surface area contributed by atoms with Crippen molar-refractivity contribution in [2.75, 3.05) is 38.0 Å². The van der Waals surface area contributed by atoms with Gasteiger partial charge in [-0.1, -0.05) is 48.5 Å². The van der Waals surface area contributed by atoms with Gasteiger partial charge in [0.25, 0.3) is 0 Å². The van der Waals surface area contributed by atoms with Gasteiger partial charge in [0.1, 0.15) is 11.6 Å². The quantitative estimate of drug-likeness (QED) is 0.515. The average Bonchev–Trinajstić information content (AvgIpc) is 2.76. The summed E-state index contributed by atoms with van der Waals surface area (Å²) in [6, 6.07) is 20.0. The molecule has 146 valence electrons. The van der Waals surface area contributed by atoms with Crippen molar-refractivity contribution in [3.05, 3.63) is 66.2 Å². The molecule has 6 heteroatoms. The fourth-order valence-electron chi connectivity index (χ4n) is 2.83. The molecule has 0 saturated heterocycles. The molecule has 0 unspecified atom stereocenters. The second kappa shape index (κ2) is 10.3. The molecule has 0 atom stereocenters. The van der Waals surface area contributed by atoms with Crippen molar-refractivity contribution in [3.63, 3.8) is 0 Å². The first kappa shape index (κ1) is 19.6. The highest BCUT2D eigenvalue weighted by Crippen LogP contribution is 2.23. The average molecular weight is 378 g/mol. The van der Waals surface area contributed by atoms with Crippen molar-refractivity contribution >= 4 is 11.8 Å². The van der Waals surface area contributed by atoms with Crippen molar-refractivity contribution in [1.29, 1.82) is 0 Å². The van der Waals surface area contributed by atoms with Crippen LogP contribution in [0, 0.1) is 0 Å². The Morgan fingerprint density at radius 1 is 0.893 bits per heavy atom. The molecule has 0 radical (unpaired) electrons. The Hall–Kier alpha value is -3.12. The third-order valence-electron chi connectivity index (χ3n) is 4.26. The Labute approximate surface area is 166 Å². The molecule has 0 aliphatic carbocycles. The summed E-state index contributed by atoms with van der Waals surface area (Å²) in [5, 5.41) is 6.68. The molecule has 0 bridgehead atoms. The lowest BCUT2D eigenvalue weighted by Crippen LogP contribution is -2.10. The third-order valence-corrected chi connectivity index (χ3v) is 4.26. The van der Waals surface area contributed by atoms with E-state index < -0.39 is 0 Å². The van der Waals surface area contributed by atoms with Crippen LogP contribution in [0.1, 0.15) is 12.0 Å². The lowest BCUT2D eigenvalue weighted by atomic mass is 10.1. The zero-order valence-corrected chi connectivity index (χ0v) is 16.3. The summed E-state index contributed by atoms with van der Waals surface area (Å²) in [7, 11) is 3.38. The van der Waals surface area contributed by atoms with Crippen LogP contribution in [-0.4, -0.2) is 37.3 Å². The summed E-state index contributed by atoms with van der Waals surface area (Å²) in [6.07, 6.45) is 0.908. The summed E-state index contributed by atoms with van der Waals surface area (Å²) in [4.78, 5) is 9.30. The van der Waals surface area contributed by atoms with Crippen LogP contribution in [0.15, 0.2) is 60.7 Å². The lowest BCUT2D eigenvalue weighted by molar-refractivity contribution is 0.198. The number of methoxy groups -OCH3 is 2. The minimum atomic E-state index is 0.571. The van der Waals surface area contributed by atoms with E-state index >= 15 is 0 Å². The van der Waals surface area contributed by atoms with Crippen LogP contribution in [0.25, 0.3) is 11.3 Å². The van der Waals surface area contributed by atoms with Crippen LogP contribution < -0.4 is 15.4 Å². The summed E-state index contributed by atoms with van der Waals surface area (Å²) < 4.78 is 10.5. The lowest BCUT2D eigenvalue weighted by Gasteiger charge is -2.13. The largest absolute Gasteiger partial charge is 0.496 e. The molecule has 1 heterocycles. The number of ether oxygens (including phenoxy) is 2. The van der Waals surface area contributed by atoms with E-state index in [2.05, 4.69) is 15.6 Å². The topological polar surface area (TPSA) is 68.3 Å². The first-order chi connectivity index (χ1) is 13.8. The number of hydrogen-bond acceptors (Lipinski definition) is 6. The zero-order chi connectivity index (χ0) is 19.6. The van der Waals surface area contributed by atoms with Crippen LogP contribution >= 0.6 is 0 Å². The molecule has 3 aromatic rings. The van der Waals surface area contributed by atoms with Crippen LogP contribution in [0.2, 0.25) is 0 Å². The fraction of sp³-hybridized carbons (Fsp3) is 0.273. The molecule has 1 aromatic heterocycles. The van der Waals surface area contributed by atoms with Gasteiger partial charge < -0.3 is 20.1 Å². The SMILES string of the molecule is COCCCNc1cc(-c2ccccc2)nc(NCc2ccccc2OC)n1. The van der Waals surface area contributed by atoms with E-state index in [1.165, 1.54) is 0 Å². The number of aromatic nitrogens is 2. The Bertz CT molecular complexity index is 871. The summed E-state index contributed by atoms with van der Waals surface area (Å²) in [6.45, 7) is 2.07. The molecule has 0 spiro atoms. The first-order valence-corrected chi connectivity index (χ1v) is 9.33. The molecule has 28 heavy (non-hydrogen) atoms. The molecule has 2 aromatic carbocycles. The maximum atomic E-state index is 5.42. The Morgan fingerprint density at radius 2 is 1.68 bits per heavy atom. The number of anilines is 2. The van der Waals surface area contributed by atoms with E-state index in [-0.39, 0.29) is 0 Å². The molecule has 0 amide bonds. The van der Waals surface area contributed by atoms with E-state index in [1.807, 2.05) is 60.7 Å². The fourth-order valence-corrected chi connectivity index (χ4v) is 2.83. The van der Waals surface area contributed by atoms with Gasteiger partial charge in [-0.05, 0) is 12.5 Å². The molecule has 3 rings (SSSR count). The number of nitrogens with zero attached hydrogens (tertiary/aromatic N) is 2. The van der Waals surface area contributed by atoms with Gasteiger partial charge >= 0.3 is 0 Å². The van der Waals surface area contributed by atoms with Gasteiger partial charge in [0.15, 0.2) is 0 Å². The predicted octanol–water partition coefficient (Wildman–Crippen LogP) is 4.21. The van der Waals surface area contributed by atoms with Gasteiger partial charge in [0.2, 0.25) is 5.95 Å². The standard InChI is InChI=1S/C22H26N4O2/c1-27-14-8-13-23-21-15-19(17-9-4-3-5-10-17)25-22(26-21)24-16-18-11-6-7-12-20(18)28-2/h3-7,9-12,15H,8,13-14,16H2,1-2H3,(H2,23,24,25,26). The summed E-state index contributed by atoms with van der Waals surface area (Å²) in [5.41, 5.74) is 2.96. The highest BCUT2D eigenvalue weighted by atomic mass is 16.5. The Kier molecular flexibility index (Phi) is 7.21. The number of rotatable bonds is 10. The summed E-state index contributed by atoms with van der Waals surface area (Å²) >= 11 is 0. The zero-order valence-electron chi connectivity index (χ0n) is 16.3. The second-order valence-electron chi connectivity index (χ2n) is 6.27. The van der Waals surface area contributed by atoms with E-state index in [0.717, 1.165) is 41.4 Å². The van der Waals surface area contributed by atoms with Gasteiger partial charge in [-0.3, -0.25) is 0 Å². The molecular weight excluding hydrogens is 352 g/mol. The van der Waals surface area contributed by atoms with E-state index in [0.29, 0.717) is 19.1 Å². The molecule has 0 aliphatic rings.